The molecule has 1 amide bonds. The predicted octanol–water partition coefficient (Wildman–Crippen LogP) is 3.53. The smallest absolute Gasteiger partial charge is 0.240 e. The standard InChI is InChI=1S/C19H21N3O3S2/c1-12-4-7-16-17(10-12)26-19(21-16)22-18(23)8-9-20-27(24,25)15-6-5-13(2)14(3)11-15/h4-7,10-11,20H,8-9H2,1-3H3,(H,21,22,23). The molecule has 0 radical (unpaired) electrons. The molecule has 6 nitrogen and oxygen atoms in total. The van der Waals surface area contributed by atoms with E-state index in [0.29, 0.717) is 5.13 Å². The van der Waals surface area contributed by atoms with Crippen molar-refractivity contribution in [3.63, 3.8) is 0 Å². The molecule has 0 saturated heterocycles. The fraction of sp³-hybridized carbons (Fsp3) is 0.263. The van der Waals surface area contributed by atoms with Crippen molar-refractivity contribution in [2.24, 2.45) is 0 Å². The van der Waals surface area contributed by atoms with E-state index in [0.717, 1.165) is 26.9 Å². The van der Waals surface area contributed by atoms with E-state index in [2.05, 4.69) is 15.0 Å². The van der Waals surface area contributed by atoms with E-state index >= 15 is 0 Å². The van der Waals surface area contributed by atoms with Crippen molar-refractivity contribution in [2.75, 3.05) is 11.9 Å². The molecule has 1 aromatic heterocycles. The number of nitrogens with zero attached hydrogens (tertiary/aromatic N) is 1. The van der Waals surface area contributed by atoms with Crippen LogP contribution in [0, 0.1) is 20.8 Å². The van der Waals surface area contributed by atoms with Crippen molar-refractivity contribution in [1.29, 1.82) is 0 Å². The maximum Gasteiger partial charge on any atom is 0.240 e. The number of thiazole rings is 1. The molecular formula is C19H21N3O3S2. The number of fused-ring (bicyclic) bond motifs is 1. The number of amides is 1. The summed E-state index contributed by atoms with van der Waals surface area (Å²) in [7, 11) is -3.64. The van der Waals surface area contributed by atoms with Gasteiger partial charge in [-0.25, -0.2) is 18.1 Å². The quantitative estimate of drug-likeness (QED) is 0.659. The number of carbonyl (C=O) groups excluding carboxylic acids is 1. The van der Waals surface area contributed by atoms with Gasteiger partial charge >= 0.3 is 0 Å². The number of hydrogen-bond acceptors (Lipinski definition) is 5. The van der Waals surface area contributed by atoms with E-state index in [9.17, 15) is 13.2 Å². The van der Waals surface area contributed by atoms with Crippen LogP contribution in [0.25, 0.3) is 10.2 Å². The molecule has 0 aliphatic heterocycles. The first-order valence-corrected chi connectivity index (χ1v) is 10.8. The Morgan fingerprint density at radius 3 is 2.59 bits per heavy atom. The molecule has 27 heavy (non-hydrogen) atoms. The topological polar surface area (TPSA) is 88.2 Å². The van der Waals surface area contributed by atoms with Gasteiger partial charge in [0, 0.05) is 13.0 Å². The first-order valence-electron chi connectivity index (χ1n) is 8.48. The van der Waals surface area contributed by atoms with E-state index in [1.165, 1.54) is 11.3 Å². The van der Waals surface area contributed by atoms with Crippen molar-refractivity contribution in [3.8, 4) is 0 Å². The maximum absolute atomic E-state index is 12.3. The minimum absolute atomic E-state index is 0.0189. The number of rotatable bonds is 6. The number of benzene rings is 2. The summed E-state index contributed by atoms with van der Waals surface area (Å²) in [5.74, 6) is -0.284. The lowest BCUT2D eigenvalue weighted by atomic mass is 10.1. The van der Waals surface area contributed by atoms with E-state index in [-0.39, 0.29) is 23.8 Å². The molecule has 0 aliphatic carbocycles. The van der Waals surface area contributed by atoms with Crippen molar-refractivity contribution < 1.29 is 13.2 Å². The van der Waals surface area contributed by atoms with Crippen LogP contribution in [0.1, 0.15) is 23.1 Å². The van der Waals surface area contributed by atoms with Crippen LogP contribution in [-0.2, 0) is 14.8 Å². The zero-order chi connectivity index (χ0) is 19.6. The molecule has 2 N–H and O–H groups in total. The molecule has 142 valence electrons. The molecule has 0 atom stereocenters. The third-order valence-electron chi connectivity index (χ3n) is 4.22. The SMILES string of the molecule is Cc1ccc2nc(NC(=O)CCNS(=O)(=O)c3ccc(C)c(C)c3)sc2c1. The van der Waals surface area contributed by atoms with Crippen LogP contribution < -0.4 is 10.0 Å². The molecule has 1 heterocycles. The minimum Gasteiger partial charge on any atom is -0.302 e. The molecule has 0 fully saturated rings. The Balaban J connectivity index is 1.57. The van der Waals surface area contributed by atoms with Crippen LogP contribution in [0.15, 0.2) is 41.3 Å². The summed E-state index contributed by atoms with van der Waals surface area (Å²) >= 11 is 1.40. The van der Waals surface area contributed by atoms with E-state index in [4.69, 9.17) is 0 Å². The van der Waals surface area contributed by atoms with Gasteiger partial charge in [0.25, 0.3) is 0 Å². The second kappa shape index (κ2) is 7.75. The van der Waals surface area contributed by atoms with Crippen LogP contribution in [0.3, 0.4) is 0 Å². The van der Waals surface area contributed by atoms with Gasteiger partial charge in [-0.05, 0) is 61.7 Å². The van der Waals surface area contributed by atoms with Gasteiger partial charge in [0.2, 0.25) is 15.9 Å². The number of nitrogens with one attached hydrogen (secondary N) is 2. The maximum atomic E-state index is 12.3. The lowest BCUT2D eigenvalue weighted by Gasteiger charge is -2.08. The third-order valence-corrected chi connectivity index (χ3v) is 6.62. The Hall–Kier alpha value is -2.29. The minimum atomic E-state index is -3.64. The molecule has 0 spiro atoms. The number of aryl methyl sites for hydroxylation is 3. The second-order valence-corrected chi connectivity index (χ2v) is 9.23. The van der Waals surface area contributed by atoms with E-state index in [1.807, 2.05) is 39.0 Å². The van der Waals surface area contributed by atoms with Gasteiger partial charge in [0.15, 0.2) is 5.13 Å². The zero-order valence-corrected chi connectivity index (χ0v) is 17.0. The van der Waals surface area contributed by atoms with E-state index in [1.54, 1.807) is 18.2 Å². The molecule has 8 heteroatoms. The Labute approximate surface area is 162 Å². The number of aromatic nitrogens is 1. The molecule has 2 aromatic carbocycles. The number of sulfonamides is 1. The predicted molar refractivity (Wildman–Crippen MR) is 109 cm³/mol. The lowest BCUT2D eigenvalue weighted by Crippen LogP contribution is -2.28. The highest BCUT2D eigenvalue weighted by atomic mass is 32.2. The first-order chi connectivity index (χ1) is 12.7. The largest absolute Gasteiger partial charge is 0.302 e. The summed E-state index contributed by atoms with van der Waals surface area (Å²) in [6.07, 6.45) is 0.0268. The molecular weight excluding hydrogens is 382 g/mol. The van der Waals surface area contributed by atoms with Crippen molar-refractivity contribution in [1.82, 2.24) is 9.71 Å². The summed E-state index contributed by atoms with van der Waals surface area (Å²) in [6, 6.07) is 10.9. The van der Waals surface area contributed by atoms with Crippen LogP contribution >= 0.6 is 11.3 Å². The number of carbonyl (C=O) groups is 1. The average Bonchev–Trinajstić information content (AvgIpc) is 2.98. The Morgan fingerprint density at radius 2 is 1.85 bits per heavy atom. The van der Waals surface area contributed by atoms with Gasteiger partial charge < -0.3 is 5.32 Å². The fourth-order valence-corrected chi connectivity index (χ4v) is 4.63. The second-order valence-electron chi connectivity index (χ2n) is 6.43. The van der Waals surface area contributed by atoms with Gasteiger partial charge in [0.05, 0.1) is 15.1 Å². The van der Waals surface area contributed by atoms with Crippen LogP contribution in [0.5, 0.6) is 0 Å². The number of hydrogen-bond donors (Lipinski definition) is 2. The van der Waals surface area contributed by atoms with Gasteiger partial charge in [-0.2, -0.15) is 0 Å². The summed E-state index contributed by atoms with van der Waals surface area (Å²) in [6.45, 7) is 5.80. The fourth-order valence-electron chi connectivity index (χ4n) is 2.53. The normalized spacial score (nSPS) is 11.7. The van der Waals surface area contributed by atoms with Gasteiger partial charge in [-0.15, -0.1) is 0 Å². The van der Waals surface area contributed by atoms with Gasteiger partial charge in [-0.3, -0.25) is 4.79 Å². The summed E-state index contributed by atoms with van der Waals surface area (Å²) < 4.78 is 28.1. The van der Waals surface area contributed by atoms with Crippen molar-refractivity contribution >= 4 is 42.6 Å². The molecule has 0 bridgehead atoms. The van der Waals surface area contributed by atoms with Gasteiger partial charge in [0.1, 0.15) is 0 Å². The monoisotopic (exact) mass is 403 g/mol. The average molecular weight is 404 g/mol. The summed E-state index contributed by atoms with van der Waals surface area (Å²) in [4.78, 5) is 16.7. The lowest BCUT2D eigenvalue weighted by molar-refractivity contribution is -0.116. The Bertz CT molecular complexity index is 1100. The summed E-state index contributed by atoms with van der Waals surface area (Å²) in [5, 5.41) is 3.24. The van der Waals surface area contributed by atoms with Crippen LogP contribution in [-0.4, -0.2) is 25.9 Å². The zero-order valence-electron chi connectivity index (χ0n) is 15.4. The highest BCUT2D eigenvalue weighted by Gasteiger charge is 2.15. The van der Waals surface area contributed by atoms with Gasteiger partial charge in [-0.1, -0.05) is 23.5 Å². The van der Waals surface area contributed by atoms with Crippen molar-refractivity contribution in [3.05, 3.63) is 53.1 Å². The van der Waals surface area contributed by atoms with Crippen molar-refractivity contribution in [2.45, 2.75) is 32.1 Å². The van der Waals surface area contributed by atoms with E-state index < -0.39 is 10.0 Å². The summed E-state index contributed by atoms with van der Waals surface area (Å²) in [5.41, 5.74) is 3.89. The highest BCUT2D eigenvalue weighted by molar-refractivity contribution is 7.89. The van der Waals surface area contributed by atoms with Crippen LogP contribution in [0.2, 0.25) is 0 Å². The molecule has 0 unspecified atom stereocenters. The highest BCUT2D eigenvalue weighted by Crippen LogP contribution is 2.26. The third kappa shape index (κ3) is 4.71. The Kier molecular flexibility index (Phi) is 5.59. The molecule has 3 aromatic rings. The molecule has 0 saturated carbocycles. The molecule has 0 aliphatic rings. The Morgan fingerprint density at radius 1 is 1.07 bits per heavy atom. The van der Waals surface area contributed by atoms with Crippen LogP contribution in [0.4, 0.5) is 5.13 Å². The number of anilines is 1. The molecule has 3 rings (SSSR count). The first kappa shape index (κ1) is 19.5.